The molecular weight excluding hydrogens is 308 g/mol. The van der Waals surface area contributed by atoms with Crippen LogP contribution in [0.5, 0.6) is 5.75 Å². The van der Waals surface area contributed by atoms with Crippen LogP contribution in [0, 0.1) is 5.92 Å². The van der Waals surface area contributed by atoms with E-state index in [1.807, 2.05) is 18.2 Å². The van der Waals surface area contributed by atoms with Gasteiger partial charge in [-0.05, 0) is 29.3 Å². The summed E-state index contributed by atoms with van der Waals surface area (Å²) in [6.45, 7) is 2.32. The molecule has 0 radical (unpaired) electrons. The molecule has 24 heavy (non-hydrogen) atoms. The molecule has 2 N–H and O–H groups in total. The monoisotopic (exact) mass is 326 g/mol. The Kier molecular flexibility index (Phi) is 4.46. The largest absolute Gasteiger partial charge is 0.493 e. The Bertz CT molecular complexity index is 788. The average Bonchev–Trinajstić information content (AvgIpc) is 3.07. The summed E-state index contributed by atoms with van der Waals surface area (Å²) >= 11 is 0. The summed E-state index contributed by atoms with van der Waals surface area (Å²) in [5, 5.41) is 11.5. The number of hydrogen-bond donors (Lipinski definition) is 2. The van der Waals surface area contributed by atoms with Crippen LogP contribution in [0.25, 0.3) is 11.1 Å². The van der Waals surface area contributed by atoms with Gasteiger partial charge in [0.15, 0.2) is 0 Å². The molecule has 2 heterocycles. The second kappa shape index (κ2) is 6.70. The summed E-state index contributed by atoms with van der Waals surface area (Å²) < 4.78 is 5.50. The molecule has 3 rings (SSSR count). The molecule has 1 aromatic carbocycles. The van der Waals surface area contributed by atoms with Crippen LogP contribution in [-0.2, 0) is 11.2 Å². The Morgan fingerprint density at radius 2 is 2.12 bits per heavy atom. The number of aliphatic carboxylic acids is 1. The fourth-order valence-electron chi connectivity index (χ4n) is 2.52. The maximum Gasteiger partial charge on any atom is 0.308 e. The van der Waals surface area contributed by atoms with Crippen LogP contribution in [0.2, 0.25) is 0 Å². The zero-order valence-corrected chi connectivity index (χ0v) is 13.3. The highest BCUT2D eigenvalue weighted by Crippen LogP contribution is 2.30. The minimum absolute atomic E-state index is 0.0780. The topological polar surface area (TPSA) is 88.5 Å². The summed E-state index contributed by atoms with van der Waals surface area (Å²) in [5.74, 6) is -1.01. The SMILES string of the molecule is CC(CNC(=O)c1cncc(-c2ccc3c(c2)CCO3)c1)C(=O)O. The first-order valence-electron chi connectivity index (χ1n) is 7.77. The van der Waals surface area contributed by atoms with E-state index >= 15 is 0 Å². The number of pyridine rings is 1. The minimum atomic E-state index is -0.942. The first-order chi connectivity index (χ1) is 11.5. The van der Waals surface area contributed by atoms with E-state index < -0.39 is 11.9 Å². The lowest BCUT2D eigenvalue weighted by Crippen LogP contribution is -2.31. The molecule has 1 atom stereocenters. The van der Waals surface area contributed by atoms with E-state index in [4.69, 9.17) is 9.84 Å². The van der Waals surface area contributed by atoms with Crippen molar-refractivity contribution < 1.29 is 19.4 Å². The van der Waals surface area contributed by atoms with Crippen molar-refractivity contribution in [1.29, 1.82) is 0 Å². The molecule has 1 aliphatic heterocycles. The second-order valence-corrected chi connectivity index (χ2v) is 5.83. The standard InChI is InChI=1S/C18H18N2O4/c1-11(18(22)23)8-20-17(21)15-7-14(9-19-10-15)12-2-3-16-13(6-12)4-5-24-16/h2-3,6-7,9-11H,4-5,8H2,1H3,(H,20,21)(H,22,23). The number of aromatic nitrogens is 1. The molecule has 6 heteroatoms. The van der Waals surface area contributed by atoms with Crippen LogP contribution in [0.15, 0.2) is 36.7 Å². The smallest absolute Gasteiger partial charge is 0.308 e. The Labute approximate surface area is 139 Å². The lowest BCUT2D eigenvalue weighted by molar-refractivity contribution is -0.140. The molecule has 0 saturated carbocycles. The van der Waals surface area contributed by atoms with Crippen LogP contribution < -0.4 is 10.1 Å². The molecule has 2 aromatic rings. The van der Waals surface area contributed by atoms with Crippen LogP contribution in [0.4, 0.5) is 0 Å². The van der Waals surface area contributed by atoms with Gasteiger partial charge in [0.25, 0.3) is 5.91 Å². The molecule has 1 aliphatic rings. The number of fused-ring (bicyclic) bond motifs is 1. The Morgan fingerprint density at radius 3 is 2.92 bits per heavy atom. The van der Waals surface area contributed by atoms with Gasteiger partial charge in [0.1, 0.15) is 5.75 Å². The van der Waals surface area contributed by atoms with Crippen LogP contribution in [0.3, 0.4) is 0 Å². The Hall–Kier alpha value is -2.89. The van der Waals surface area contributed by atoms with Crippen molar-refractivity contribution in [3.63, 3.8) is 0 Å². The van der Waals surface area contributed by atoms with Gasteiger partial charge < -0.3 is 15.2 Å². The van der Waals surface area contributed by atoms with E-state index in [-0.39, 0.29) is 12.5 Å². The number of amides is 1. The molecule has 124 valence electrons. The van der Waals surface area contributed by atoms with Crippen LogP contribution in [0.1, 0.15) is 22.8 Å². The van der Waals surface area contributed by atoms with Gasteiger partial charge in [0.05, 0.1) is 18.1 Å². The van der Waals surface area contributed by atoms with E-state index in [1.165, 1.54) is 6.20 Å². The van der Waals surface area contributed by atoms with Crippen LogP contribution >= 0.6 is 0 Å². The predicted octanol–water partition coefficient (Wildman–Crippen LogP) is 2.13. The third kappa shape index (κ3) is 3.37. The summed E-state index contributed by atoms with van der Waals surface area (Å²) in [5.41, 5.74) is 3.36. The lowest BCUT2D eigenvalue weighted by Gasteiger charge is -2.09. The van der Waals surface area contributed by atoms with Crippen molar-refractivity contribution in [2.75, 3.05) is 13.2 Å². The molecule has 6 nitrogen and oxygen atoms in total. The summed E-state index contributed by atoms with van der Waals surface area (Å²) in [7, 11) is 0. The normalized spacial score (nSPS) is 13.7. The van der Waals surface area contributed by atoms with Gasteiger partial charge >= 0.3 is 5.97 Å². The summed E-state index contributed by atoms with van der Waals surface area (Å²) in [4.78, 5) is 27.1. The van der Waals surface area contributed by atoms with Crippen molar-refractivity contribution in [2.24, 2.45) is 5.92 Å². The average molecular weight is 326 g/mol. The number of rotatable bonds is 5. The zero-order chi connectivity index (χ0) is 17.1. The van der Waals surface area contributed by atoms with Gasteiger partial charge in [0, 0.05) is 30.9 Å². The molecule has 0 fully saturated rings. The predicted molar refractivity (Wildman–Crippen MR) is 88.0 cm³/mol. The van der Waals surface area contributed by atoms with E-state index in [1.54, 1.807) is 19.2 Å². The Morgan fingerprint density at radius 1 is 1.29 bits per heavy atom. The van der Waals surface area contributed by atoms with Crippen molar-refractivity contribution in [3.8, 4) is 16.9 Å². The molecule has 0 aliphatic carbocycles. The molecule has 0 spiro atoms. The van der Waals surface area contributed by atoms with E-state index in [9.17, 15) is 9.59 Å². The number of hydrogen-bond acceptors (Lipinski definition) is 4. The van der Waals surface area contributed by atoms with Crippen molar-refractivity contribution in [1.82, 2.24) is 10.3 Å². The van der Waals surface area contributed by atoms with Gasteiger partial charge in [-0.15, -0.1) is 0 Å². The maximum absolute atomic E-state index is 12.2. The number of carbonyl (C=O) groups is 2. The van der Waals surface area contributed by atoms with E-state index in [0.717, 1.165) is 28.9 Å². The molecule has 0 saturated heterocycles. The minimum Gasteiger partial charge on any atom is -0.493 e. The van der Waals surface area contributed by atoms with E-state index in [2.05, 4.69) is 10.3 Å². The first-order valence-corrected chi connectivity index (χ1v) is 7.77. The van der Waals surface area contributed by atoms with Gasteiger partial charge in [-0.2, -0.15) is 0 Å². The van der Waals surface area contributed by atoms with E-state index in [0.29, 0.717) is 12.2 Å². The number of carboxylic acid groups (broad SMARTS) is 1. The van der Waals surface area contributed by atoms with Gasteiger partial charge in [-0.3, -0.25) is 14.6 Å². The number of carbonyl (C=O) groups excluding carboxylic acids is 1. The highest BCUT2D eigenvalue weighted by atomic mass is 16.5. The molecule has 1 amide bonds. The van der Waals surface area contributed by atoms with Crippen molar-refractivity contribution in [2.45, 2.75) is 13.3 Å². The third-order valence-electron chi connectivity index (χ3n) is 4.01. The highest BCUT2D eigenvalue weighted by molar-refractivity contribution is 5.95. The zero-order valence-electron chi connectivity index (χ0n) is 13.3. The fraction of sp³-hybridized carbons (Fsp3) is 0.278. The lowest BCUT2D eigenvalue weighted by atomic mass is 10.0. The number of nitrogens with zero attached hydrogens (tertiary/aromatic N) is 1. The second-order valence-electron chi connectivity index (χ2n) is 5.83. The molecule has 1 aromatic heterocycles. The quantitative estimate of drug-likeness (QED) is 0.879. The Balaban J connectivity index is 1.76. The van der Waals surface area contributed by atoms with Gasteiger partial charge in [-0.25, -0.2) is 0 Å². The summed E-state index contributed by atoms with van der Waals surface area (Å²) in [6.07, 6.45) is 4.05. The number of carboxylic acids is 1. The molecular formula is C18H18N2O4. The van der Waals surface area contributed by atoms with Gasteiger partial charge in [-0.1, -0.05) is 13.0 Å². The molecule has 1 unspecified atom stereocenters. The summed E-state index contributed by atoms with van der Waals surface area (Å²) in [6, 6.07) is 7.67. The maximum atomic E-state index is 12.2. The number of ether oxygens (including phenoxy) is 1. The fourth-order valence-corrected chi connectivity index (χ4v) is 2.52. The molecule has 0 bridgehead atoms. The number of benzene rings is 1. The number of nitrogens with one attached hydrogen (secondary N) is 1. The van der Waals surface area contributed by atoms with Crippen LogP contribution in [-0.4, -0.2) is 35.1 Å². The first kappa shape index (κ1) is 16.0. The van der Waals surface area contributed by atoms with Crippen molar-refractivity contribution in [3.05, 3.63) is 47.8 Å². The highest BCUT2D eigenvalue weighted by Gasteiger charge is 2.15. The third-order valence-corrected chi connectivity index (χ3v) is 4.01. The van der Waals surface area contributed by atoms with Crippen molar-refractivity contribution >= 4 is 11.9 Å². The van der Waals surface area contributed by atoms with Gasteiger partial charge in [0.2, 0.25) is 0 Å².